The number of carbonyl (C=O) groups is 1. The van der Waals surface area contributed by atoms with Gasteiger partial charge in [0.1, 0.15) is 5.75 Å². The second kappa shape index (κ2) is 7.70. The van der Waals surface area contributed by atoms with Crippen LogP contribution in [0.4, 0.5) is 0 Å². The number of benzene rings is 2. The molecule has 154 valence electrons. The summed E-state index contributed by atoms with van der Waals surface area (Å²) in [6, 6.07) is 11.5. The molecule has 9 heteroatoms. The molecule has 1 amide bonds. The lowest BCUT2D eigenvalue weighted by Crippen LogP contribution is -2.13. The van der Waals surface area contributed by atoms with E-state index in [4.69, 9.17) is 4.18 Å². The summed E-state index contributed by atoms with van der Waals surface area (Å²) in [5.74, 6) is -0.0557. The molecule has 4 rings (SSSR count). The van der Waals surface area contributed by atoms with Crippen LogP contribution in [-0.4, -0.2) is 44.6 Å². The maximum absolute atomic E-state index is 12.4. The van der Waals surface area contributed by atoms with Crippen LogP contribution < -0.4 is 9.50 Å². The summed E-state index contributed by atoms with van der Waals surface area (Å²) < 4.78 is 28.1. The van der Waals surface area contributed by atoms with E-state index < -0.39 is 10.1 Å². The first-order valence-electron chi connectivity index (χ1n) is 8.81. The molecule has 0 spiro atoms. The Kier molecular flexibility index (Phi) is 5.62. The van der Waals surface area contributed by atoms with Crippen LogP contribution in [0.15, 0.2) is 36.4 Å². The van der Waals surface area contributed by atoms with E-state index in [2.05, 4.69) is 27.3 Å². The molecule has 0 saturated carbocycles. The monoisotopic (exact) mass is 435 g/mol. The van der Waals surface area contributed by atoms with Crippen molar-refractivity contribution < 1.29 is 17.4 Å². The van der Waals surface area contributed by atoms with Crippen molar-refractivity contribution in [1.29, 1.82) is 0 Å². The van der Waals surface area contributed by atoms with Gasteiger partial charge in [0.05, 0.1) is 11.8 Å². The summed E-state index contributed by atoms with van der Waals surface area (Å²) in [7, 11) is 0.365. The van der Waals surface area contributed by atoms with Gasteiger partial charge in [0.15, 0.2) is 0 Å². The van der Waals surface area contributed by atoms with Crippen molar-refractivity contribution in [3.8, 4) is 17.0 Å². The van der Waals surface area contributed by atoms with Crippen molar-refractivity contribution >= 4 is 39.3 Å². The average Bonchev–Trinajstić information content (AvgIpc) is 3.17. The Morgan fingerprint density at radius 2 is 1.90 bits per heavy atom. The summed E-state index contributed by atoms with van der Waals surface area (Å²) in [4.78, 5) is 17.9. The summed E-state index contributed by atoms with van der Waals surface area (Å²) in [5, 5.41) is 3.81. The number of aromatic amines is 1. The van der Waals surface area contributed by atoms with Crippen molar-refractivity contribution in [2.45, 2.75) is 13.1 Å². The Hall–Kier alpha value is -2.55. The van der Waals surface area contributed by atoms with Gasteiger partial charge in [0, 0.05) is 40.8 Å². The van der Waals surface area contributed by atoms with E-state index in [1.807, 2.05) is 26.2 Å². The Morgan fingerprint density at radius 3 is 2.59 bits per heavy atom. The normalized spacial score (nSPS) is 13.3. The van der Waals surface area contributed by atoms with Gasteiger partial charge in [-0.15, -0.1) is 12.4 Å². The van der Waals surface area contributed by atoms with E-state index in [0.717, 1.165) is 35.0 Å². The van der Waals surface area contributed by atoms with Gasteiger partial charge >= 0.3 is 10.1 Å². The standard InChI is InChI=1S/C20H21N3O4S.ClH/c1-23(2)11-12-4-6-16-13(8-12)9-17(22-16)14-5-7-18(27-28(3,25)26)15-10-21-20(24)19(14)15;/h4-9,22H,10-11H2,1-3H3,(H,21,24);1H. The Morgan fingerprint density at radius 1 is 1.14 bits per heavy atom. The minimum atomic E-state index is -3.68. The summed E-state index contributed by atoms with van der Waals surface area (Å²) in [6.07, 6.45) is 0.987. The van der Waals surface area contributed by atoms with Crippen molar-refractivity contribution in [1.82, 2.24) is 15.2 Å². The number of nitrogens with zero attached hydrogens (tertiary/aromatic N) is 1. The van der Waals surface area contributed by atoms with E-state index in [-0.39, 0.29) is 30.6 Å². The molecule has 0 unspecified atom stereocenters. The van der Waals surface area contributed by atoms with E-state index >= 15 is 0 Å². The fraction of sp³-hybridized carbons (Fsp3) is 0.250. The molecule has 0 saturated heterocycles. The molecule has 7 nitrogen and oxygen atoms in total. The van der Waals surface area contributed by atoms with E-state index in [0.29, 0.717) is 11.1 Å². The number of amides is 1. The number of hydrogen-bond donors (Lipinski definition) is 2. The number of fused-ring (bicyclic) bond motifs is 2. The van der Waals surface area contributed by atoms with Gasteiger partial charge in [-0.05, 0) is 50.0 Å². The fourth-order valence-electron chi connectivity index (χ4n) is 3.58. The first-order chi connectivity index (χ1) is 13.2. The number of nitrogens with one attached hydrogen (secondary N) is 2. The Labute approximate surface area is 175 Å². The number of aromatic nitrogens is 1. The van der Waals surface area contributed by atoms with Gasteiger partial charge < -0.3 is 19.4 Å². The molecule has 0 fully saturated rings. The molecule has 0 aliphatic carbocycles. The molecule has 1 aliphatic heterocycles. The Balaban J connectivity index is 0.00000240. The minimum Gasteiger partial charge on any atom is -0.382 e. The van der Waals surface area contributed by atoms with Gasteiger partial charge in [-0.1, -0.05) is 6.07 Å². The van der Waals surface area contributed by atoms with E-state index in [9.17, 15) is 13.2 Å². The molecule has 0 radical (unpaired) electrons. The van der Waals surface area contributed by atoms with Crippen molar-refractivity contribution in [3.05, 3.63) is 53.1 Å². The summed E-state index contributed by atoms with van der Waals surface area (Å²) in [5.41, 5.74) is 4.69. The highest BCUT2D eigenvalue weighted by Gasteiger charge is 2.28. The van der Waals surface area contributed by atoms with Crippen LogP contribution in [0, 0.1) is 0 Å². The largest absolute Gasteiger partial charge is 0.382 e. The van der Waals surface area contributed by atoms with Crippen LogP contribution in [0.2, 0.25) is 0 Å². The maximum Gasteiger partial charge on any atom is 0.306 e. The van der Waals surface area contributed by atoms with Gasteiger partial charge in [0.2, 0.25) is 0 Å². The van der Waals surface area contributed by atoms with E-state index in [1.165, 1.54) is 5.56 Å². The molecule has 1 aromatic heterocycles. The quantitative estimate of drug-likeness (QED) is 0.601. The third-order valence-electron chi connectivity index (χ3n) is 4.64. The van der Waals surface area contributed by atoms with Crippen LogP contribution >= 0.6 is 12.4 Å². The first kappa shape index (κ1) is 21.2. The zero-order valence-electron chi connectivity index (χ0n) is 16.3. The lowest BCUT2D eigenvalue weighted by atomic mass is 9.99. The predicted molar refractivity (Wildman–Crippen MR) is 115 cm³/mol. The molecule has 1 aliphatic rings. The number of carbonyl (C=O) groups excluding carboxylic acids is 1. The van der Waals surface area contributed by atoms with Crippen LogP contribution in [0.1, 0.15) is 21.5 Å². The molecular formula is C20H22ClN3O4S. The van der Waals surface area contributed by atoms with Crippen molar-refractivity contribution in [2.75, 3.05) is 20.4 Å². The highest BCUT2D eigenvalue weighted by molar-refractivity contribution is 7.86. The lowest BCUT2D eigenvalue weighted by Gasteiger charge is -2.10. The lowest BCUT2D eigenvalue weighted by molar-refractivity contribution is 0.0966. The molecular weight excluding hydrogens is 414 g/mol. The van der Waals surface area contributed by atoms with Gasteiger partial charge in [-0.2, -0.15) is 8.42 Å². The smallest absolute Gasteiger partial charge is 0.306 e. The topological polar surface area (TPSA) is 91.5 Å². The maximum atomic E-state index is 12.4. The zero-order chi connectivity index (χ0) is 20.1. The Bertz CT molecular complexity index is 1200. The van der Waals surface area contributed by atoms with Gasteiger partial charge in [-0.3, -0.25) is 4.79 Å². The molecule has 0 atom stereocenters. The van der Waals surface area contributed by atoms with Crippen LogP contribution in [0.3, 0.4) is 0 Å². The number of halogens is 1. The molecule has 29 heavy (non-hydrogen) atoms. The second-order valence-corrected chi connectivity index (χ2v) is 8.85. The van der Waals surface area contributed by atoms with Gasteiger partial charge in [0.25, 0.3) is 5.91 Å². The molecule has 2 N–H and O–H groups in total. The molecule has 2 heterocycles. The van der Waals surface area contributed by atoms with Crippen molar-refractivity contribution in [2.24, 2.45) is 0 Å². The van der Waals surface area contributed by atoms with Crippen LogP contribution in [0.5, 0.6) is 5.75 Å². The average molecular weight is 436 g/mol. The molecule has 3 aromatic rings. The molecule has 2 aromatic carbocycles. The number of rotatable bonds is 5. The highest BCUT2D eigenvalue weighted by atomic mass is 35.5. The molecule has 0 bridgehead atoms. The third kappa shape index (κ3) is 4.24. The summed E-state index contributed by atoms with van der Waals surface area (Å²) in [6.45, 7) is 1.08. The zero-order valence-corrected chi connectivity index (χ0v) is 17.9. The number of hydrogen-bond acceptors (Lipinski definition) is 5. The first-order valence-corrected chi connectivity index (χ1v) is 10.6. The minimum absolute atomic E-state index is 0. The highest BCUT2D eigenvalue weighted by Crippen LogP contribution is 2.36. The van der Waals surface area contributed by atoms with Crippen LogP contribution in [0.25, 0.3) is 22.2 Å². The third-order valence-corrected chi connectivity index (χ3v) is 5.12. The van der Waals surface area contributed by atoms with Crippen molar-refractivity contribution in [3.63, 3.8) is 0 Å². The predicted octanol–water partition coefficient (Wildman–Crippen LogP) is 2.90. The fourth-order valence-corrected chi connectivity index (χ4v) is 4.06. The van der Waals surface area contributed by atoms with Crippen LogP contribution in [-0.2, 0) is 23.2 Å². The summed E-state index contributed by atoms with van der Waals surface area (Å²) >= 11 is 0. The SMILES string of the molecule is CN(C)Cc1ccc2[nH]c(-c3ccc(OS(C)(=O)=O)c4c3C(=O)NC4)cc2c1.Cl. The second-order valence-electron chi connectivity index (χ2n) is 7.28. The number of H-pyrrole nitrogens is 1. The van der Waals surface area contributed by atoms with E-state index in [1.54, 1.807) is 12.1 Å². The van der Waals surface area contributed by atoms with Gasteiger partial charge in [-0.25, -0.2) is 0 Å².